The van der Waals surface area contributed by atoms with Crippen LogP contribution in [0.15, 0.2) is 62.6 Å². The molecule has 8 heteroatoms. The van der Waals surface area contributed by atoms with E-state index in [1.54, 1.807) is 31.2 Å². The molecule has 1 atom stereocenters. The molecule has 3 aromatic rings. The molecule has 3 rings (SSSR count). The predicted molar refractivity (Wildman–Crippen MR) is 117 cm³/mol. The fourth-order valence-corrected chi connectivity index (χ4v) is 3.44. The van der Waals surface area contributed by atoms with Crippen molar-refractivity contribution < 1.29 is 14.0 Å². The number of Topliss-reactive ketones (excluding diaryl/α,β-unsaturated/α-hetero) is 1. The monoisotopic (exact) mass is 473 g/mol. The SMILES string of the molecule is CC(C)C(=O)Nc1ccc(C(=O)C(C)Sc2nnc(-c3ccc(Br)cc3)o2)cc1. The Bertz CT molecular complexity index is 1000. The summed E-state index contributed by atoms with van der Waals surface area (Å²) < 4.78 is 6.64. The standard InChI is InChI=1S/C21H20BrN3O3S/c1-12(2)19(27)23-17-10-6-14(7-11-17)18(26)13(3)29-21-25-24-20(28-21)15-4-8-16(22)9-5-15/h4-13H,1-3H3,(H,23,27). The van der Waals surface area contributed by atoms with Crippen LogP contribution < -0.4 is 5.32 Å². The highest BCUT2D eigenvalue weighted by molar-refractivity contribution is 9.10. The van der Waals surface area contributed by atoms with Gasteiger partial charge in [-0.3, -0.25) is 9.59 Å². The lowest BCUT2D eigenvalue weighted by atomic mass is 10.1. The number of ketones is 1. The minimum absolute atomic E-state index is 0.0554. The summed E-state index contributed by atoms with van der Waals surface area (Å²) in [6.45, 7) is 5.45. The fourth-order valence-electron chi connectivity index (χ4n) is 2.41. The quantitative estimate of drug-likeness (QED) is 0.362. The predicted octanol–water partition coefficient (Wildman–Crippen LogP) is 5.46. The molecule has 0 saturated heterocycles. The van der Waals surface area contributed by atoms with Crippen molar-refractivity contribution in [1.29, 1.82) is 0 Å². The van der Waals surface area contributed by atoms with Gasteiger partial charge in [-0.1, -0.05) is 41.5 Å². The fraction of sp³-hybridized carbons (Fsp3) is 0.238. The van der Waals surface area contributed by atoms with Gasteiger partial charge in [0.05, 0.1) is 5.25 Å². The van der Waals surface area contributed by atoms with E-state index in [0.717, 1.165) is 10.0 Å². The molecule has 0 aliphatic carbocycles. The number of hydrogen-bond acceptors (Lipinski definition) is 6. The maximum absolute atomic E-state index is 12.7. The first-order valence-electron chi connectivity index (χ1n) is 9.04. The Kier molecular flexibility index (Phi) is 6.87. The van der Waals surface area contributed by atoms with Gasteiger partial charge in [0.25, 0.3) is 5.22 Å². The summed E-state index contributed by atoms with van der Waals surface area (Å²) in [5, 5.41) is 10.8. The van der Waals surface area contributed by atoms with Crippen LogP contribution in [0.25, 0.3) is 11.5 Å². The van der Waals surface area contributed by atoms with E-state index in [9.17, 15) is 9.59 Å². The first-order chi connectivity index (χ1) is 13.8. The van der Waals surface area contributed by atoms with Crippen LogP contribution in [-0.2, 0) is 4.79 Å². The van der Waals surface area contributed by atoms with E-state index in [-0.39, 0.29) is 17.6 Å². The van der Waals surface area contributed by atoms with E-state index in [0.29, 0.717) is 22.4 Å². The number of aromatic nitrogens is 2. The molecular weight excluding hydrogens is 454 g/mol. The van der Waals surface area contributed by atoms with E-state index in [1.165, 1.54) is 11.8 Å². The lowest BCUT2D eigenvalue weighted by Gasteiger charge is -2.10. The minimum atomic E-state index is -0.399. The largest absolute Gasteiger partial charge is 0.411 e. The summed E-state index contributed by atoms with van der Waals surface area (Å²) in [5.74, 6) is 0.181. The van der Waals surface area contributed by atoms with Gasteiger partial charge in [-0.25, -0.2) is 0 Å². The van der Waals surface area contributed by atoms with Crippen LogP contribution in [0.4, 0.5) is 5.69 Å². The highest BCUT2D eigenvalue weighted by Crippen LogP contribution is 2.28. The number of nitrogens with one attached hydrogen (secondary N) is 1. The van der Waals surface area contributed by atoms with E-state index >= 15 is 0 Å². The number of benzene rings is 2. The first kappa shape index (κ1) is 21.3. The molecule has 0 saturated carbocycles. The molecule has 0 radical (unpaired) electrons. The zero-order valence-electron chi connectivity index (χ0n) is 16.2. The van der Waals surface area contributed by atoms with Crippen molar-refractivity contribution in [2.75, 3.05) is 5.32 Å². The average molecular weight is 474 g/mol. The Labute approximate surface area is 181 Å². The number of anilines is 1. The van der Waals surface area contributed by atoms with Gasteiger partial charge < -0.3 is 9.73 Å². The first-order valence-corrected chi connectivity index (χ1v) is 10.7. The lowest BCUT2D eigenvalue weighted by molar-refractivity contribution is -0.118. The molecule has 1 N–H and O–H groups in total. The summed E-state index contributed by atoms with van der Waals surface area (Å²) in [6, 6.07) is 14.4. The van der Waals surface area contributed by atoms with Crippen molar-refractivity contribution in [3.8, 4) is 11.5 Å². The molecule has 1 amide bonds. The number of halogens is 1. The number of rotatable bonds is 7. The molecule has 0 aliphatic rings. The van der Waals surface area contributed by atoms with Crippen molar-refractivity contribution >= 4 is 45.1 Å². The maximum atomic E-state index is 12.7. The molecule has 1 aromatic heterocycles. The Morgan fingerprint density at radius 2 is 1.66 bits per heavy atom. The molecule has 2 aromatic carbocycles. The molecule has 6 nitrogen and oxygen atoms in total. The van der Waals surface area contributed by atoms with Crippen molar-refractivity contribution in [3.63, 3.8) is 0 Å². The highest BCUT2D eigenvalue weighted by atomic mass is 79.9. The van der Waals surface area contributed by atoms with Crippen molar-refractivity contribution in [2.45, 2.75) is 31.2 Å². The zero-order chi connectivity index (χ0) is 21.0. The third-order valence-electron chi connectivity index (χ3n) is 4.11. The third kappa shape index (κ3) is 5.55. The second-order valence-electron chi connectivity index (χ2n) is 6.73. The Balaban J connectivity index is 1.63. The normalized spacial score (nSPS) is 12.0. The number of nitrogens with zero attached hydrogens (tertiary/aromatic N) is 2. The minimum Gasteiger partial charge on any atom is -0.411 e. The summed E-state index contributed by atoms with van der Waals surface area (Å²) in [6.07, 6.45) is 0. The van der Waals surface area contributed by atoms with Crippen LogP contribution in [0.3, 0.4) is 0 Å². The topological polar surface area (TPSA) is 85.1 Å². The summed E-state index contributed by atoms with van der Waals surface area (Å²) in [7, 11) is 0. The molecule has 1 unspecified atom stereocenters. The highest BCUT2D eigenvalue weighted by Gasteiger charge is 2.20. The van der Waals surface area contributed by atoms with Gasteiger partial charge in [0.1, 0.15) is 0 Å². The Morgan fingerprint density at radius 3 is 2.28 bits per heavy atom. The summed E-state index contributed by atoms with van der Waals surface area (Å²) in [4.78, 5) is 24.5. The van der Waals surface area contributed by atoms with Crippen LogP contribution in [-0.4, -0.2) is 27.1 Å². The van der Waals surface area contributed by atoms with Crippen LogP contribution in [0, 0.1) is 5.92 Å². The number of hydrogen-bond donors (Lipinski definition) is 1. The molecule has 29 heavy (non-hydrogen) atoms. The molecule has 0 aliphatic heterocycles. The summed E-state index contributed by atoms with van der Waals surface area (Å²) >= 11 is 4.60. The smallest absolute Gasteiger partial charge is 0.277 e. The maximum Gasteiger partial charge on any atom is 0.277 e. The lowest BCUT2D eigenvalue weighted by Crippen LogP contribution is -2.18. The van der Waals surface area contributed by atoms with Crippen molar-refractivity contribution in [1.82, 2.24) is 10.2 Å². The van der Waals surface area contributed by atoms with E-state index in [2.05, 4.69) is 31.4 Å². The summed E-state index contributed by atoms with van der Waals surface area (Å²) in [5.41, 5.74) is 2.03. The van der Waals surface area contributed by atoms with E-state index in [4.69, 9.17) is 4.42 Å². The Hall–Kier alpha value is -2.45. The molecule has 150 valence electrons. The molecule has 0 bridgehead atoms. The second-order valence-corrected chi connectivity index (χ2v) is 8.93. The van der Waals surface area contributed by atoms with Gasteiger partial charge in [0.2, 0.25) is 11.8 Å². The van der Waals surface area contributed by atoms with Crippen molar-refractivity contribution in [2.24, 2.45) is 5.92 Å². The van der Waals surface area contributed by atoms with Gasteiger partial charge >= 0.3 is 0 Å². The molecule has 0 fully saturated rings. The van der Waals surface area contributed by atoms with Crippen LogP contribution in [0.1, 0.15) is 31.1 Å². The average Bonchev–Trinajstić information content (AvgIpc) is 3.16. The Morgan fingerprint density at radius 1 is 1.00 bits per heavy atom. The number of amides is 1. The van der Waals surface area contributed by atoms with Gasteiger partial charge in [-0.05, 0) is 55.5 Å². The van der Waals surface area contributed by atoms with Gasteiger partial charge in [0.15, 0.2) is 5.78 Å². The van der Waals surface area contributed by atoms with Gasteiger partial charge in [-0.15, -0.1) is 10.2 Å². The number of thioether (sulfide) groups is 1. The van der Waals surface area contributed by atoms with Crippen LogP contribution >= 0.6 is 27.7 Å². The van der Waals surface area contributed by atoms with Gasteiger partial charge in [0, 0.05) is 27.2 Å². The number of carbonyl (C=O) groups excluding carboxylic acids is 2. The van der Waals surface area contributed by atoms with E-state index in [1.807, 2.05) is 38.1 Å². The molecular formula is C21H20BrN3O3S. The molecule has 0 spiro atoms. The van der Waals surface area contributed by atoms with Crippen molar-refractivity contribution in [3.05, 3.63) is 58.6 Å². The molecule has 1 heterocycles. The second kappa shape index (κ2) is 9.37. The van der Waals surface area contributed by atoms with Crippen LogP contribution in [0.5, 0.6) is 0 Å². The van der Waals surface area contributed by atoms with E-state index < -0.39 is 5.25 Å². The number of carbonyl (C=O) groups is 2. The zero-order valence-corrected chi connectivity index (χ0v) is 18.6. The van der Waals surface area contributed by atoms with Crippen LogP contribution in [0.2, 0.25) is 0 Å². The third-order valence-corrected chi connectivity index (χ3v) is 5.57. The van der Waals surface area contributed by atoms with Gasteiger partial charge in [-0.2, -0.15) is 0 Å².